The largest absolute Gasteiger partial charge is 0.377 e. The molecule has 1 saturated heterocycles. The summed E-state index contributed by atoms with van der Waals surface area (Å²) in [6.07, 6.45) is 3.08. The van der Waals surface area contributed by atoms with E-state index < -0.39 is 0 Å². The summed E-state index contributed by atoms with van der Waals surface area (Å²) in [4.78, 5) is 6.32. The highest BCUT2D eigenvalue weighted by Crippen LogP contribution is 2.24. The molecule has 2 atom stereocenters. The summed E-state index contributed by atoms with van der Waals surface area (Å²) in [6.45, 7) is 3.71. The van der Waals surface area contributed by atoms with E-state index in [0.29, 0.717) is 16.2 Å². The fourth-order valence-electron chi connectivity index (χ4n) is 2.24. The summed E-state index contributed by atoms with van der Waals surface area (Å²) < 4.78 is 5.56. The number of nitrogens with zero attached hydrogens (tertiary/aromatic N) is 2. The van der Waals surface area contributed by atoms with Crippen molar-refractivity contribution in [1.29, 1.82) is 0 Å². The van der Waals surface area contributed by atoms with Crippen molar-refractivity contribution in [1.82, 2.24) is 9.88 Å². The molecule has 0 bridgehead atoms. The lowest BCUT2D eigenvalue weighted by atomic mass is 10.1. The van der Waals surface area contributed by atoms with Gasteiger partial charge in [-0.05, 0) is 26.5 Å². The first-order chi connectivity index (χ1) is 8.08. The summed E-state index contributed by atoms with van der Waals surface area (Å²) in [5.74, 6) is 0. The minimum Gasteiger partial charge on any atom is -0.377 e. The maximum Gasteiger partial charge on any atom is 0.130 e. The van der Waals surface area contributed by atoms with Gasteiger partial charge >= 0.3 is 0 Å². The predicted octanol–water partition coefficient (Wildman–Crippen LogP) is 3.00. The van der Waals surface area contributed by atoms with Crippen molar-refractivity contribution in [3.8, 4) is 0 Å². The van der Waals surface area contributed by atoms with Crippen LogP contribution < -0.4 is 0 Å². The van der Waals surface area contributed by atoms with Crippen LogP contribution in [0.3, 0.4) is 0 Å². The Hall–Kier alpha value is -0.350. The van der Waals surface area contributed by atoms with Crippen LogP contribution in [0.1, 0.15) is 18.9 Å². The van der Waals surface area contributed by atoms with Crippen molar-refractivity contribution in [3.63, 3.8) is 0 Å². The number of ether oxygens (including phenoxy) is 1. The third-order valence-electron chi connectivity index (χ3n) is 3.22. The number of aromatic nitrogens is 1. The molecule has 0 saturated carbocycles. The Morgan fingerprint density at radius 3 is 2.88 bits per heavy atom. The molecule has 1 aromatic heterocycles. The van der Waals surface area contributed by atoms with E-state index in [2.05, 4.69) is 23.9 Å². The molecule has 5 heteroatoms. The number of halogens is 2. The fraction of sp³-hybridized carbons (Fsp3) is 0.583. The van der Waals surface area contributed by atoms with Gasteiger partial charge < -0.3 is 4.74 Å². The summed E-state index contributed by atoms with van der Waals surface area (Å²) in [5, 5.41) is 1.10. The molecule has 0 radical (unpaired) electrons. The van der Waals surface area contributed by atoms with Gasteiger partial charge in [-0.25, -0.2) is 4.98 Å². The van der Waals surface area contributed by atoms with Crippen molar-refractivity contribution >= 4 is 23.2 Å². The van der Waals surface area contributed by atoms with Crippen LogP contribution in [-0.2, 0) is 11.3 Å². The Kier molecular flexibility index (Phi) is 4.26. The van der Waals surface area contributed by atoms with Gasteiger partial charge in [0.15, 0.2) is 0 Å². The zero-order valence-corrected chi connectivity index (χ0v) is 11.5. The molecule has 0 spiro atoms. The molecule has 1 aliphatic heterocycles. The van der Waals surface area contributed by atoms with Crippen molar-refractivity contribution in [3.05, 3.63) is 28.0 Å². The average molecular weight is 275 g/mol. The molecule has 2 heterocycles. The Balaban J connectivity index is 2.04. The standard InChI is InChI=1S/C12H16Cl2N2O/c1-8-11(3-4-17-8)16(2)7-9-6-15-12(14)5-10(9)13/h5-6,8,11H,3-4,7H2,1-2H3. The summed E-state index contributed by atoms with van der Waals surface area (Å²) in [6, 6.07) is 2.13. The van der Waals surface area contributed by atoms with Crippen LogP contribution in [0.2, 0.25) is 10.2 Å². The van der Waals surface area contributed by atoms with Crippen LogP contribution in [0.5, 0.6) is 0 Å². The van der Waals surface area contributed by atoms with E-state index in [9.17, 15) is 0 Å². The van der Waals surface area contributed by atoms with Gasteiger partial charge in [0, 0.05) is 36.0 Å². The lowest BCUT2D eigenvalue weighted by Gasteiger charge is -2.26. The number of hydrogen-bond acceptors (Lipinski definition) is 3. The maximum atomic E-state index is 6.13. The lowest BCUT2D eigenvalue weighted by Crippen LogP contribution is -2.36. The SMILES string of the molecule is CC1OCCC1N(C)Cc1cnc(Cl)cc1Cl. The first kappa shape index (κ1) is 13.1. The van der Waals surface area contributed by atoms with E-state index in [1.54, 1.807) is 12.3 Å². The molecule has 1 aromatic rings. The van der Waals surface area contributed by atoms with Crippen molar-refractivity contribution < 1.29 is 4.74 Å². The topological polar surface area (TPSA) is 25.4 Å². The third-order valence-corrected chi connectivity index (χ3v) is 3.78. The van der Waals surface area contributed by atoms with E-state index in [4.69, 9.17) is 27.9 Å². The van der Waals surface area contributed by atoms with Crippen LogP contribution >= 0.6 is 23.2 Å². The predicted molar refractivity (Wildman–Crippen MR) is 69.5 cm³/mol. The minimum atomic E-state index is 0.277. The molecule has 2 rings (SSSR count). The van der Waals surface area contributed by atoms with Gasteiger partial charge in [-0.1, -0.05) is 23.2 Å². The number of rotatable bonds is 3. The van der Waals surface area contributed by atoms with Gasteiger partial charge in [-0.15, -0.1) is 0 Å². The smallest absolute Gasteiger partial charge is 0.130 e. The first-order valence-electron chi connectivity index (χ1n) is 5.69. The second-order valence-corrected chi connectivity index (χ2v) is 5.24. The summed E-state index contributed by atoms with van der Waals surface area (Å²) in [5.41, 5.74) is 0.998. The molecule has 0 aliphatic carbocycles. The van der Waals surface area contributed by atoms with E-state index in [-0.39, 0.29) is 6.10 Å². The molecule has 1 aliphatic rings. The van der Waals surface area contributed by atoms with Gasteiger partial charge in [0.2, 0.25) is 0 Å². The van der Waals surface area contributed by atoms with Crippen LogP contribution in [0.15, 0.2) is 12.3 Å². The molecular weight excluding hydrogens is 259 g/mol. The highest BCUT2D eigenvalue weighted by Gasteiger charge is 2.28. The molecule has 2 unspecified atom stereocenters. The van der Waals surface area contributed by atoms with Gasteiger partial charge in [-0.3, -0.25) is 4.90 Å². The number of pyridine rings is 1. The first-order valence-corrected chi connectivity index (χ1v) is 6.45. The molecule has 0 aromatic carbocycles. The number of likely N-dealkylation sites (N-methyl/N-ethyl adjacent to an activating group) is 1. The molecule has 1 fully saturated rings. The molecule has 0 amide bonds. The van der Waals surface area contributed by atoms with Crippen molar-refractivity contribution in [2.45, 2.75) is 32.0 Å². The maximum absolute atomic E-state index is 6.13. The third kappa shape index (κ3) is 3.10. The quantitative estimate of drug-likeness (QED) is 0.793. The van der Waals surface area contributed by atoms with Crippen molar-refractivity contribution in [2.24, 2.45) is 0 Å². The second kappa shape index (κ2) is 5.53. The number of hydrogen-bond donors (Lipinski definition) is 0. The molecule has 94 valence electrons. The average Bonchev–Trinajstić information content (AvgIpc) is 2.68. The van der Waals surface area contributed by atoms with E-state index in [0.717, 1.165) is 25.1 Å². The van der Waals surface area contributed by atoms with E-state index >= 15 is 0 Å². The monoisotopic (exact) mass is 274 g/mol. The Labute approximate surface area is 112 Å². The van der Waals surface area contributed by atoms with Gasteiger partial charge in [0.1, 0.15) is 5.15 Å². The molecular formula is C12H16Cl2N2O. The van der Waals surface area contributed by atoms with Crippen LogP contribution in [0.25, 0.3) is 0 Å². The normalized spacial score (nSPS) is 24.5. The highest BCUT2D eigenvalue weighted by atomic mass is 35.5. The Bertz CT molecular complexity index is 400. The second-order valence-electron chi connectivity index (χ2n) is 4.45. The van der Waals surface area contributed by atoms with Crippen LogP contribution in [0, 0.1) is 0 Å². The lowest BCUT2D eigenvalue weighted by molar-refractivity contribution is 0.0814. The fourth-order valence-corrected chi connectivity index (χ4v) is 2.66. The zero-order chi connectivity index (χ0) is 12.4. The highest BCUT2D eigenvalue weighted by molar-refractivity contribution is 6.34. The molecule has 0 N–H and O–H groups in total. The minimum absolute atomic E-state index is 0.277. The van der Waals surface area contributed by atoms with E-state index in [1.807, 2.05) is 0 Å². The molecule has 17 heavy (non-hydrogen) atoms. The van der Waals surface area contributed by atoms with Gasteiger partial charge in [0.05, 0.1) is 6.10 Å². The Morgan fingerprint density at radius 1 is 1.53 bits per heavy atom. The van der Waals surface area contributed by atoms with Gasteiger partial charge in [0.25, 0.3) is 0 Å². The van der Waals surface area contributed by atoms with Crippen LogP contribution in [-0.4, -0.2) is 35.7 Å². The zero-order valence-electron chi connectivity index (χ0n) is 9.99. The van der Waals surface area contributed by atoms with Gasteiger partial charge in [-0.2, -0.15) is 0 Å². The summed E-state index contributed by atoms with van der Waals surface area (Å²) >= 11 is 11.9. The van der Waals surface area contributed by atoms with Crippen LogP contribution in [0.4, 0.5) is 0 Å². The summed E-state index contributed by atoms with van der Waals surface area (Å²) in [7, 11) is 2.08. The Morgan fingerprint density at radius 2 is 2.29 bits per heavy atom. The van der Waals surface area contributed by atoms with E-state index in [1.165, 1.54) is 0 Å². The van der Waals surface area contributed by atoms with Crippen molar-refractivity contribution in [2.75, 3.05) is 13.7 Å². The molecule has 3 nitrogen and oxygen atoms in total.